The van der Waals surface area contributed by atoms with Crippen molar-refractivity contribution in [3.63, 3.8) is 0 Å². The smallest absolute Gasteiger partial charge is 0.139 e. The number of rotatable bonds is 3. The van der Waals surface area contributed by atoms with Gasteiger partial charge >= 0.3 is 0 Å². The number of para-hydroxylation sites is 1. The molecule has 1 fully saturated rings. The molecular formula is C16H21NO3. The van der Waals surface area contributed by atoms with E-state index in [1.807, 2.05) is 31.2 Å². The Morgan fingerprint density at radius 3 is 3.05 bits per heavy atom. The normalized spacial score (nSPS) is 22.2. The van der Waals surface area contributed by atoms with Gasteiger partial charge in [-0.15, -0.1) is 0 Å². The molecule has 1 saturated heterocycles. The number of hydrogen-bond donors (Lipinski definition) is 1. The van der Waals surface area contributed by atoms with Crippen LogP contribution in [-0.2, 0) is 4.74 Å². The summed E-state index contributed by atoms with van der Waals surface area (Å²) in [7, 11) is 0. The molecule has 108 valence electrons. The van der Waals surface area contributed by atoms with Gasteiger partial charge in [0.25, 0.3) is 0 Å². The van der Waals surface area contributed by atoms with E-state index >= 15 is 0 Å². The average molecular weight is 275 g/mol. The van der Waals surface area contributed by atoms with Gasteiger partial charge in [-0.05, 0) is 25.1 Å². The Morgan fingerprint density at radius 2 is 2.30 bits per heavy atom. The molecule has 2 heterocycles. The van der Waals surface area contributed by atoms with Crippen molar-refractivity contribution < 1.29 is 14.3 Å². The van der Waals surface area contributed by atoms with Gasteiger partial charge in [-0.1, -0.05) is 25.1 Å². The van der Waals surface area contributed by atoms with Crippen molar-refractivity contribution >= 4 is 11.0 Å². The molecule has 2 unspecified atom stereocenters. The number of aliphatic hydroxyl groups excluding tert-OH is 1. The van der Waals surface area contributed by atoms with Gasteiger partial charge in [-0.25, -0.2) is 0 Å². The lowest BCUT2D eigenvalue weighted by atomic mass is 10.1. The molecule has 1 N–H and O–H groups in total. The Balaban J connectivity index is 1.84. The maximum absolute atomic E-state index is 10.5. The summed E-state index contributed by atoms with van der Waals surface area (Å²) in [6, 6.07) is 7.93. The summed E-state index contributed by atoms with van der Waals surface area (Å²) >= 11 is 0. The summed E-state index contributed by atoms with van der Waals surface area (Å²) < 4.78 is 11.5. The number of furan rings is 1. The van der Waals surface area contributed by atoms with Gasteiger partial charge in [0, 0.05) is 18.5 Å². The van der Waals surface area contributed by atoms with Crippen LogP contribution < -0.4 is 0 Å². The van der Waals surface area contributed by atoms with Gasteiger partial charge in [-0.3, -0.25) is 4.90 Å². The van der Waals surface area contributed by atoms with E-state index < -0.39 is 6.10 Å². The first-order valence-electron chi connectivity index (χ1n) is 7.20. The van der Waals surface area contributed by atoms with Crippen molar-refractivity contribution in [2.75, 3.05) is 26.2 Å². The van der Waals surface area contributed by atoms with Crippen LogP contribution in [0, 0.1) is 6.92 Å². The second-order valence-electron chi connectivity index (χ2n) is 5.39. The topological polar surface area (TPSA) is 45.8 Å². The number of morpholine rings is 1. The molecule has 2 aromatic rings. The number of aliphatic hydroxyl groups is 1. The van der Waals surface area contributed by atoms with Crippen LogP contribution in [0.1, 0.15) is 24.4 Å². The number of fused-ring (bicyclic) bond motifs is 1. The minimum absolute atomic E-state index is 0.218. The number of ether oxygens (including phenoxy) is 1. The molecular weight excluding hydrogens is 254 g/mol. The summed E-state index contributed by atoms with van der Waals surface area (Å²) in [5.74, 6) is 0.595. The second kappa shape index (κ2) is 5.56. The molecule has 3 rings (SSSR count). The van der Waals surface area contributed by atoms with Gasteiger partial charge in [-0.2, -0.15) is 0 Å². The Hall–Kier alpha value is -1.36. The molecule has 0 aliphatic carbocycles. The lowest BCUT2D eigenvalue weighted by molar-refractivity contribution is -0.0940. The highest BCUT2D eigenvalue weighted by Crippen LogP contribution is 2.29. The first-order valence-corrected chi connectivity index (χ1v) is 7.20. The van der Waals surface area contributed by atoms with Crippen molar-refractivity contribution in [3.05, 3.63) is 35.6 Å². The quantitative estimate of drug-likeness (QED) is 0.935. The van der Waals surface area contributed by atoms with Crippen LogP contribution in [0.25, 0.3) is 11.0 Å². The van der Waals surface area contributed by atoms with E-state index in [2.05, 4.69) is 11.8 Å². The molecule has 0 saturated carbocycles. The fourth-order valence-electron chi connectivity index (χ4n) is 2.77. The fraction of sp³-hybridized carbons (Fsp3) is 0.500. The van der Waals surface area contributed by atoms with Crippen LogP contribution in [0.4, 0.5) is 0 Å². The zero-order chi connectivity index (χ0) is 14.1. The lowest BCUT2D eigenvalue weighted by Crippen LogP contribution is -2.44. The van der Waals surface area contributed by atoms with Crippen LogP contribution in [0.5, 0.6) is 0 Å². The molecule has 2 atom stereocenters. The van der Waals surface area contributed by atoms with Crippen LogP contribution >= 0.6 is 0 Å². The predicted octanol–water partition coefficient (Wildman–Crippen LogP) is 2.50. The molecule has 0 radical (unpaired) electrons. The maximum atomic E-state index is 10.5. The van der Waals surface area contributed by atoms with E-state index in [-0.39, 0.29) is 6.10 Å². The summed E-state index contributed by atoms with van der Waals surface area (Å²) in [6.45, 7) is 7.45. The molecule has 20 heavy (non-hydrogen) atoms. The monoisotopic (exact) mass is 275 g/mol. The van der Waals surface area contributed by atoms with Crippen LogP contribution in [0.15, 0.2) is 28.7 Å². The molecule has 0 spiro atoms. The van der Waals surface area contributed by atoms with Crippen molar-refractivity contribution in [2.45, 2.75) is 26.1 Å². The van der Waals surface area contributed by atoms with Crippen molar-refractivity contribution in [1.82, 2.24) is 4.90 Å². The van der Waals surface area contributed by atoms with E-state index in [4.69, 9.17) is 9.15 Å². The third kappa shape index (κ3) is 2.46. The highest BCUT2D eigenvalue weighted by atomic mass is 16.5. The van der Waals surface area contributed by atoms with Crippen molar-refractivity contribution in [2.24, 2.45) is 0 Å². The lowest BCUT2D eigenvalue weighted by Gasteiger charge is -2.33. The van der Waals surface area contributed by atoms with Crippen LogP contribution in [-0.4, -0.2) is 42.4 Å². The third-order valence-corrected chi connectivity index (χ3v) is 4.03. The van der Waals surface area contributed by atoms with Gasteiger partial charge < -0.3 is 14.3 Å². The maximum Gasteiger partial charge on any atom is 0.139 e. The number of nitrogens with zero attached hydrogens (tertiary/aromatic N) is 1. The van der Waals surface area contributed by atoms with E-state index in [0.29, 0.717) is 12.4 Å². The predicted molar refractivity (Wildman–Crippen MR) is 77.8 cm³/mol. The number of aryl methyl sites for hydroxylation is 1. The van der Waals surface area contributed by atoms with Gasteiger partial charge in [0.1, 0.15) is 23.6 Å². The van der Waals surface area contributed by atoms with Gasteiger partial charge in [0.05, 0.1) is 6.61 Å². The molecule has 1 aliphatic heterocycles. The first-order chi connectivity index (χ1) is 9.69. The minimum atomic E-state index is -0.712. The SMILES string of the molecule is CCN1CCOC(C(O)c2cc3cccc(C)c3o2)C1. The molecule has 4 nitrogen and oxygen atoms in total. The number of hydrogen-bond acceptors (Lipinski definition) is 4. The number of benzene rings is 1. The summed E-state index contributed by atoms with van der Waals surface area (Å²) in [5.41, 5.74) is 1.94. The van der Waals surface area contributed by atoms with E-state index in [1.165, 1.54) is 0 Å². The Labute approximate surface area is 118 Å². The molecule has 0 amide bonds. The molecule has 0 bridgehead atoms. The molecule has 1 aliphatic rings. The Morgan fingerprint density at radius 1 is 1.45 bits per heavy atom. The van der Waals surface area contributed by atoms with E-state index in [0.717, 1.165) is 36.2 Å². The standard InChI is InChI=1S/C16H21NO3/c1-3-17-7-8-19-14(10-17)15(18)13-9-12-6-4-5-11(2)16(12)20-13/h4-6,9,14-15,18H,3,7-8,10H2,1-2H3. The molecule has 1 aromatic carbocycles. The zero-order valence-electron chi connectivity index (χ0n) is 12.0. The van der Waals surface area contributed by atoms with Gasteiger partial charge in [0.15, 0.2) is 0 Å². The largest absolute Gasteiger partial charge is 0.458 e. The highest BCUT2D eigenvalue weighted by molar-refractivity contribution is 5.80. The van der Waals surface area contributed by atoms with E-state index in [1.54, 1.807) is 0 Å². The average Bonchev–Trinajstić information content (AvgIpc) is 2.92. The number of likely N-dealkylation sites (N-methyl/N-ethyl adjacent to an activating group) is 1. The van der Waals surface area contributed by atoms with Crippen LogP contribution in [0.2, 0.25) is 0 Å². The van der Waals surface area contributed by atoms with Gasteiger partial charge in [0.2, 0.25) is 0 Å². The molecule has 1 aromatic heterocycles. The highest BCUT2D eigenvalue weighted by Gasteiger charge is 2.29. The fourth-order valence-corrected chi connectivity index (χ4v) is 2.77. The summed E-state index contributed by atoms with van der Waals surface area (Å²) in [6.07, 6.45) is -0.930. The van der Waals surface area contributed by atoms with Crippen molar-refractivity contribution in [3.8, 4) is 0 Å². The van der Waals surface area contributed by atoms with E-state index in [9.17, 15) is 5.11 Å². The van der Waals surface area contributed by atoms with Crippen molar-refractivity contribution in [1.29, 1.82) is 0 Å². The zero-order valence-corrected chi connectivity index (χ0v) is 12.0. The molecule has 4 heteroatoms. The summed E-state index contributed by atoms with van der Waals surface area (Å²) in [4.78, 5) is 2.28. The Kier molecular flexibility index (Phi) is 3.78. The summed E-state index contributed by atoms with van der Waals surface area (Å²) in [5, 5.41) is 11.5. The Bertz CT molecular complexity index is 592. The first kappa shape index (κ1) is 13.6. The third-order valence-electron chi connectivity index (χ3n) is 4.03. The minimum Gasteiger partial charge on any atom is -0.458 e. The van der Waals surface area contributed by atoms with Crippen LogP contribution in [0.3, 0.4) is 0 Å². The second-order valence-corrected chi connectivity index (χ2v) is 5.39.